The number of halogens is 1. The number of nitrogens with two attached hydrogens (primary N) is 1. The Labute approximate surface area is 109 Å². The number of fused-ring (bicyclic) bond motifs is 1. The van der Waals surface area contributed by atoms with E-state index in [4.69, 9.17) is 5.84 Å². The van der Waals surface area contributed by atoms with Crippen LogP contribution >= 0.6 is 0 Å². The van der Waals surface area contributed by atoms with Crippen LogP contribution in [-0.2, 0) is 0 Å². The highest BCUT2D eigenvalue weighted by atomic mass is 19.1. The highest BCUT2D eigenvalue weighted by Gasteiger charge is 2.10. The summed E-state index contributed by atoms with van der Waals surface area (Å²) in [6.45, 7) is 0. The molecule has 0 aliphatic heterocycles. The van der Waals surface area contributed by atoms with E-state index in [1.54, 1.807) is 12.1 Å². The van der Waals surface area contributed by atoms with Gasteiger partial charge >= 0.3 is 0 Å². The largest absolute Gasteiger partial charge is 0.323 e. The van der Waals surface area contributed by atoms with Gasteiger partial charge in [0, 0.05) is 11.8 Å². The van der Waals surface area contributed by atoms with Crippen LogP contribution < -0.4 is 5.84 Å². The average molecular weight is 254 g/mol. The van der Waals surface area contributed by atoms with Gasteiger partial charge in [0.15, 0.2) is 0 Å². The van der Waals surface area contributed by atoms with Gasteiger partial charge in [0.25, 0.3) is 0 Å². The quantitative estimate of drug-likeness (QED) is 0.434. The molecule has 1 aromatic carbocycles. The van der Waals surface area contributed by atoms with E-state index in [2.05, 4.69) is 10.1 Å². The summed E-state index contributed by atoms with van der Waals surface area (Å²) in [4.78, 5) is 4.49. The normalized spacial score (nSPS) is 11.4. The molecule has 0 unspecified atom stereocenters. The van der Waals surface area contributed by atoms with Gasteiger partial charge in [-0.25, -0.2) is 9.37 Å². The van der Waals surface area contributed by atoms with Gasteiger partial charge in [-0.05, 0) is 36.4 Å². The molecule has 19 heavy (non-hydrogen) atoms. The lowest BCUT2D eigenvalue weighted by Gasteiger charge is -2.00. The SMILES string of the molecule is N/N=C/c1nc(-c2ccc(F)cc2)n2ccccc12. The molecule has 94 valence electrons. The maximum absolute atomic E-state index is 13.0. The minimum Gasteiger partial charge on any atom is -0.323 e. The van der Waals surface area contributed by atoms with Crippen molar-refractivity contribution in [3.05, 3.63) is 60.2 Å². The molecule has 0 aliphatic rings. The number of imidazole rings is 1. The van der Waals surface area contributed by atoms with E-state index in [1.807, 2.05) is 28.8 Å². The summed E-state index contributed by atoms with van der Waals surface area (Å²) < 4.78 is 14.9. The fourth-order valence-corrected chi connectivity index (χ4v) is 2.03. The van der Waals surface area contributed by atoms with Gasteiger partial charge in [-0.2, -0.15) is 5.10 Å². The summed E-state index contributed by atoms with van der Waals surface area (Å²) in [5.74, 6) is 5.65. The fourth-order valence-electron chi connectivity index (χ4n) is 2.03. The lowest BCUT2D eigenvalue weighted by molar-refractivity contribution is 0.628. The molecule has 0 saturated heterocycles. The van der Waals surface area contributed by atoms with Gasteiger partial charge in [0.1, 0.15) is 17.3 Å². The highest BCUT2D eigenvalue weighted by Crippen LogP contribution is 2.22. The number of pyridine rings is 1. The molecule has 0 spiro atoms. The number of hydrogen-bond acceptors (Lipinski definition) is 3. The number of hydrazone groups is 1. The summed E-state index contributed by atoms with van der Waals surface area (Å²) in [6, 6.07) is 12.0. The molecular formula is C14H11FN4. The lowest BCUT2D eigenvalue weighted by Crippen LogP contribution is -1.88. The zero-order valence-corrected chi connectivity index (χ0v) is 9.99. The molecule has 2 N–H and O–H groups in total. The van der Waals surface area contributed by atoms with Crippen molar-refractivity contribution in [2.24, 2.45) is 10.9 Å². The van der Waals surface area contributed by atoms with Gasteiger partial charge < -0.3 is 5.84 Å². The van der Waals surface area contributed by atoms with Crippen LogP contribution in [0.5, 0.6) is 0 Å². The van der Waals surface area contributed by atoms with Crippen molar-refractivity contribution in [2.45, 2.75) is 0 Å². The second kappa shape index (κ2) is 4.53. The van der Waals surface area contributed by atoms with Gasteiger partial charge in [-0.3, -0.25) is 4.40 Å². The van der Waals surface area contributed by atoms with E-state index in [9.17, 15) is 4.39 Å². The summed E-state index contributed by atoms with van der Waals surface area (Å²) in [7, 11) is 0. The number of hydrogen-bond donors (Lipinski definition) is 1. The van der Waals surface area contributed by atoms with E-state index < -0.39 is 0 Å². The summed E-state index contributed by atoms with van der Waals surface area (Å²) in [5.41, 5.74) is 2.41. The maximum atomic E-state index is 13.0. The van der Waals surface area contributed by atoms with Gasteiger partial charge in [0.05, 0.1) is 11.7 Å². The van der Waals surface area contributed by atoms with Crippen LogP contribution in [0, 0.1) is 5.82 Å². The second-order valence-corrected chi connectivity index (χ2v) is 4.06. The third kappa shape index (κ3) is 1.95. The van der Waals surface area contributed by atoms with Crippen LogP contribution in [0.3, 0.4) is 0 Å². The Morgan fingerprint density at radius 3 is 2.68 bits per heavy atom. The standard InChI is InChI=1S/C14H11FN4/c15-11-6-4-10(5-7-11)14-18-12(9-17-16)13-3-1-2-8-19(13)14/h1-9H,16H2/b17-9+. The van der Waals surface area contributed by atoms with Crippen molar-refractivity contribution in [3.63, 3.8) is 0 Å². The van der Waals surface area contributed by atoms with Crippen LogP contribution in [0.2, 0.25) is 0 Å². The van der Waals surface area contributed by atoms with Crippen molar-refractivity contribution in [1.29, 1.82) is 0 Å². The maximum Gasteiger partial charge on any atom is 0.145 e. The van der Waals surface area contributed by atoms with Crippen molar-refractivity contribution in [1.82, 2.24) is 9.38 Å². The van der Waals surface area contributed by atoms with Crippen LogP contribution in [0.25, 0.3) is 16.9 Å². The minimum absolute atomic E-state index is 0.270. The minimum atomic E-state index is -0.270. The molecule has 0 fully saturated rings. The predicted molar refractivity (Wildman–Crippen MR) is 72.4 cm³/mol. The number of nitrogens with zero attached hydrogens (tertiary/aromatic N) is 3. The van der Waals surface area contributed by atoms with E-state index >= 15 is 0 Å². The molecule has 0 amide bonds. The molecule has 4 nitrogen and oxygen atoms in total. The second-order valence-electron chi connectivity index (χ2n) is 4.06. The van der Waals surface area contributed by atoms with E-state index in [0.717, 1.165) is 16.9 Å². The zero-order chi connectivity index (χ0) is 13.2. The molecule has 2 heterocycles. The van der Waals surface area contributed by atoms with Crippen LogP contribution in [0.4, 0.5) is 4.39 Å². The molecular weight excluding hydrogens is 243 g/mol. The van der Waals surface area contributed by atoms with Crippen molar-refractivity contribution < 1.29 is 4.39 Å². The Balaban J connectivity index is 2.26. The number of rotatable bonds is 2. The Morgan fingerprint density at radius 1 is 1.16 bits per heavy atom. The molecule has 3 aromatic rings. The smallest absolute Gasteiger partial charge is 0.145 e. The predicted octanol–water partition coefficient (Wildman–Crippen LogP) is 2.43. The number of benzene rings is 1. The van der Waals surface area contributed by atoms with Crippen LogP contribution in [-0.4, -0.2) is 15.6 Å². The first-order valence-corrected chi connectivity index (χ1v) is 5.76. The molecule has 2 aromatic heterocycles. The molecule has 0 aliphatic carbocycles. The monoisotopic (exact) mass is 254 g/mol. The average Bonchev–Trinajstić information content (AvgIpc) is 2.80. The third-order valence-electron chi connectivity index (χ3n) is 2.88. The van der Waals surface area contributed by atoms with Crippen molar-refractivity contribution >= 4 is 11.7 Å². The molecule has 0 bridgehead atoms. The Morgan fingerprint density at radius 2 is 1.95 bits per heavy atom. The van der Waals surface area contributed by atoms with E-state index in [0.29, 0.717) is 5.69 Å². The van der Waals surface area contributed by atoms with Gasteiger partial charge in [-0.15, -0.1) is 0 Å². The molecule has 0 radical (unpaired) electrons. The number of aromatic nitrogens is 2. The van der Waals surface area contributed by atoms with Crippen molar-refractivity contribution in [2.75, 3.05) is 0 Å². The Bertz CT molecular complexity index is 744. The molecule has 5 heteroatoms. The fraction of sp³-hybridized carbons (Fsp3) is 0. The molecule has 0 atom stereocenters. The van der Waals surface area contributed by atoms with E-state index in [1.165, 1.54) is 18.3 Å². The molecule has 0 saturated carbocycles. The summed E-state index contributed by atoms with van der Waals surface area (Å²) in [6.07, 6.45) is 3.40. The Kier molecular flexibility index (Phi) is 2.72. The summed E-state index contributed by atoms with van der Waals surface area (Å²) in [5, 5.41) is 3.52. The third-order valence-corrected chi connectivity index (χ3v) is 2.88. The first-order chi connectivity index (χ1) is 9.29. The first-order valence-electron chi connectivity index (χ1n) is 5.76. The molecule has 3 rings (SSSR count). The van der Waals surface area contributed by atoms with Gasteiger partial charge in [0.2, 0.25) is 0 Å². The lowest BCUT2D eigenvalue weighted by atomic mass is 10.2. The van der Waals surface area contributed by atoms with E-state index in [-0.39, 0.29) is 5.82 Å². The van der Waals surface area contributed by atoms with Crippen LogP contribution in [0.1, 0.15) is 5.69 Å². The van der Waals surface area contributed by atoms with Crippen LogP contribution in [0.15, 0.2) is 53.8 Å². The first kappa shape index (κ1) is 11.4. The Hall–Kier alpha value is -2.69. The van der Waals surface area contributed by atoms with Crippen molar-refractivity contribution in [3.8, 4) is 11.4 Å². The summed E-state index contributed by atoms with van der Waals surface area (Å²) >= 11 is 0. The topological polar surface area (TPSA) is 55.7 Å². The zero-order valence-electron chi connectivity index (χ0n) is 9.99. The van der Waals surface area contributed by atoms with Gasteiger partial charge in [-0.1, -0.05) is 6.07 Å². The highest BCUT2D eigenvalue weighted by molar-refractivity contribution is 5.88.